The Labute approximate surface area is 114 Å². The summed E-state index contributed by atoms with van der Waals surface area (Å²) in [6.45, 7) is -0.330. The minimum absolute atomic E-state index is 0.129. The second-order valence-electron chi connectivity index (χ2n) is 3.72. The molecule has 0 atom stereocenters. The van der Waals surface area contributed by atoms with Crippen LogP contribution in [-0.4, -0.2) is 31.3 Å². The van der Waals surface area contributed by atoms with Crippen LogP contribution < -0.4 is 5.73 Å². The molecule has 4 nitrogen and oxygen atoms in total. The fraction of sp³-hybridized carbons (Fsp3) is 0.300. The zero-order chi connectivity index (χ0) is 14.8. The highest BCUT2D eigenvalue weighted by molar-refractivity contribution is 7.89. The summed E-state index contributed by atoms with van der Waals surface area (Å²) in [4.78, 5) is -0.947. The largest absolute Gasteiger partial charge is 0.417 e. The summed E-state index contributed by atoms with van der Waals surface area (Å²) in [5.41, 5.74) is 3.98. The Bertz CT molecular complexity index is 585. The lowest BCUT2D eigenvalue weighted by Gasteiger charge is -2.19. The van der Waals surface area contributed by atoms with Crippen molar-refractivity contribution in [2.45, 2.75) is 11.1 Å². The number of nitrogens with zero attached hydrogens (tertiary/aromatic N) is 1. The highest BCUT2D eigenvalue weighted by Crippen LogP contribution is 2.34. The lowest BCUT2D eigenvalue weighted by Crippen LogP contribution is -2.35. The standard InChI is InChI=1S/C10H11F3N2O2S2/c1-15(6-9(14)18)19(16,17)8-5-3-2-4-7(8)10(11,12)13/h2-5H,6H2,1H3,(H2,14,18). The van der Waals surface area contributed by atoms with E-state index >= 15 is 0 Å². The topological polar surface area (TPSA) is 63.4 Å². The van der Waals surface area contributed by atoms with E-state index in [1.165, 1.54) is 6.07 Å². The van der Waals surface area contributed by atoms with Crippen molar-refractivity contribution in [1.82, 2.24) is 4.31 Å². The number of halogens is 3. The average Bonchev–Trinajstić information content (AvgIpc) is 2.27. The molecule has 0 radical (unpaired) electrons. The van der Waals surface area contributed by atoms with Crippen LogP contribution in [0.25, 0.3) is 0 Å². The Morgan fingerprint density at radius 3 is 2.37 bits per heavy atom. The molecule has 0 heterocycles. The molecule has 1 aromatic carbocycles. The van der Waals surface area contributed by atoms with Crippen LogP contribution in [-0.2, 0) is 16.2 Å². The van der Waals surface area contributed by atoms with Crippen LogP contribution in [0.15, 0.2) is 29.2 Å². The van der Waals surface area contributed by atoms with Crippen LogP contribution in [0.2, 0.25) is 0 Å². The van der Waals surface area contributed by atoms with Gasteiger partial charge in [0.25, 0.3) is 0 Å². The smallest absolute Gasteiger partial charge is 0.392 e. The zero-order valence-electron chi connectivity index (χ0n) is 9.81. The Morgan fingerprint density at radius 2 is 1.89 bits per heavy atom. The van der Waals surface area contributed by atoms with E-state index < -0.39 is 26.7 Å². The van der Waals surface area contributed by atoms with Crippen molar-refractivity contribution >= 4 is 27.2 Å². The molecule has 0 aliphatic rings. The van der Waals surface area contributed by atoms with Gasteiger partial charge in [0.2, 0.25) is 10.0 Å². The third-order valence-corrected chi connectivity index (χ3v) is 4.25. The van der Waals surface area contributed by atoms with Gasteiger partial charge < -0.3 is 5.73 Å². The van der Waals surface area contributed by atoms with Gasteiger partial charge in [0.15, 0.2) is 0 Å². The molecule has 0 saturated heterocycles. The van der Waals surface area contributed by atoms with Crippen LogP contribution >= 0.6 is 12.2 Å². The lowest BCUT2D eigenvalue weighted by atomic mass is 10.2. The molecule has 1 aromatic rings. The molecule has 0 unspecified atom stereocenters. The summed E-state index contributed by atoms with van der Waals surface area (Å²) in [6, 6.07) is 3.95. The van der Waals surface area contributed by atoms with Gasteiger partial charge in [-0.15, -0.1) is 0 Å². The van der Waals surface area contributed by atoms with Gasteiger partial charge in [0, 0.05) is 7.05 Å². The number of thiocarbonyl (C=S) groups is 1. The molecule has 2 N–H and O–H groups in total. The van der Waals surface area contributed by atoms with Crippen LogP contribution in [0.3, 0.4) is 0 Å². The normalized spacial score (nSPS) is 12.7. The highest BCUT2D eigenvalue weighted by atomic mass is 32.2. The lowest BCUT2D eigenvalue weighted by molar-refractivity contribution is -0.139. The predicted octanol–water partition coefficient (Wildman–Crippen LogP) is 1.61. The number of benzene rings is 1. The van der Waals surface area contributed by atoms with Crippen molar-refractivity contribution in [3.63, 3.8) is 0 Å². The first kappa shape index (κ1) is 15.9. The third kappa shape index (κ3) is 3.64. The second kappa shape index (κ2) is 5.43. The van der Waals surface area contributed by atoms with Gasteiger partial charge in [-0.05, 0) is 12.1 Å². The van der Waals surface area contributed by atoms with E-state index in [-0.39, 0.29) is 11.5 Å². The Hall–Kier alpha value is -1.19. The molecule has 19 heavy (non-hydrogen) atoms. The second-order valence-corrected chi connectivity index (χ2v) is 6.26. The molecule has 0 amide bonds. The monoisotopic (exact) mass is 312 g/mol. The van der Waals surface area contributed by atoms with Crippen molar-refractivity contribution in [3.8, 4) is 0 Å². The fourth-order valence-electron chi connectivity index (χ4n) is 1.40. The van der Waals surface area contributed by atoms with Gasteiger partial charge in [0.05, 0.1) is 22.0 Å². The van der Waals surface area contributed by atoms with Crippen LogP contribution in [0.5, 0.6) is 0 Å². The maximum Gasteiger partial charge on any atom is 0.417 e. The van der Waals surface area contributed by atoms with Crippen molar-refractivity contribution in [3.05, 3.63) is 29.8 Å². The van der Waals surface area contributed by atoms with E-state index in [0.29, 0.717) is 10.4 Å². The number of sulfonamides is 1. The number of alkyl halides is 3. The van der Waals surface area contributed by atoms with Crippen LogP contribution in [0.4, 0.5) is 13.2 Å². The number of rotatable bonds is 4. The molecule has 9 heteroatoms. The van der Waals surface area contributed by atoms with Crippen LogP contribution in [0, 0.1) is 0 Å². The van der Waals surface area contributed by atoms with Crippen LogP contribution in [0.1, 0.15) is 5.56 Å². The summed E-state index contributed by atoms with van der Waals surface area (Å²) in [5, 5.41) is 0. The molecule has 0 saturated carbocycles. The summed E-state index contributed by atoms with van der Waals surface area (Å²) >= 11 is 4.55. The van der Waals surface area contributed by atoms with E-state index in [0.717, 1.165) is 19.2 Å². The van der Waals surface area contributed by atoms with Gasteiger partial charge in [-0.25, -0.2) is 8.42 Å². The fourth-order valence-corrected chi connectivity index (χ4v) is 3.03. The number of hydrogen-bond acceptors (Lipinski definition) is 3. The number of likely N-dealkylation sites (N-methyl/N-ethyl adjacent to an activating group) is 1. The SMILES string of the molecule is CN(CC(N)=S)S(=O)(=O)c1ccccc1C(F)(F)F. The first-order valence-corrected chi connectivity index (χ1v) is 6.82. The number of nitrogens with two attached hydrogens (primary N) is 1. The van der Waals surface area contributed by atoms with Gasteiger partial charge in [-0.1, -0.05) is 24.4 Å². The summed E-state index contributed by atoms with van der Waals surface area (Å²) in [5.74, 6) is 0. The molecule has 106 valence electrons. The molecule has 0 bridgehead atoms. The quantitative estimate of drug-likeness (QED) is 0.858. The van der Waals surface area contributed by atoms with Crippen molar-refractivity contribution < 1.29 is 21.6 Å². The van der Waals surface area contributed by atoms with Gasteiger partial charge >= 0.3 is 6.18 Å². The average molecular weight is 312 g/mol. The molecule has 0 spiro atoms. The summed E-state index contributed by atoms with van der Waals surface area (Å²) in [7, 11) is -3.19. The molecular formula is C10H11F3N2O2S2. The molecule has 0 aliphatic heterocycles. The van der Waals surface area contributed by atoms with E-state index in [1.807, 2.05) is 0 Å². The first-order chi connectivity index (χ1) is 8.56. The number of hydrogen-bond donors (Lipinski definition) is 1. The molecule has 0 aliphatic carbocycles. The highest BCUT2D eigenvalue weighted by Gasteiger charge is 2.38. The maximum absolute atomic E-state index is 12.8. The zero-order valence-corrected chi connectivity index (χ0v) is 11.4. The van der Waals surface area contributed by atoms with Crippen molar-refractivity contribution in [2.75, 3.05) is 13.6 Å². The molecule has 0 aromatic heterocycles. The van der Waals surface area contributed by atoms with Gasteiger partial charge in [0.1, 0.15) is 0 Å². The van der Waals surface area contributed by atoms with E-state index in [4.69, 9.17) is 5.73 Å². The van der Waals surface area contributed by atoms with E-state index in [1.54, 1.807) is 0 Å². The Kier molecular flexibility index (Phi) is 4.54. The molecule has 1 rings (SSSR count). The third-order valence-electron chi connectivity index (χ3n) is 2.26. The summed E-state index contributed by atoms with van der Waals surface area (Å²) in [6.07, 6.45) is -4.76. The van der Waals surface area contributed by atoms with E-state index in [2.05, 4.69) is 12.2 Å². The minimum Gasteiger partial charge on any atom is -0.392 e. The van der Waals surface area contributed by atoms with Gasteiger partial charge in [-0.3, -0.25) is 0 Å². The predicted molar refractivity (Wildman–Crippen MR) is 68.0 cm³/mol. The minimum atomic E-state index is -4.76. The first-order valence-electron chi connectivity index (χ1n) is 4.97. The molecular weight excluding hydrogens is 301 g/mol. The Balaban J connectivity index is 3.34. The summed E-state index contributed by atoms with van der Waals surface area (Å²) < 4.78 is 63.1. The maximum atomic E-state index is 12.8. The van der Waals surface area contributed by atoms with Gasteiger partial charge in [-0.2, -0.15) is 17.5 Å². The Morgan fingerprint density at radius 1 is 1.37 bits per heavy atom. The van der Waals surface area contributed by atoms with E-state index in [9.17, 15) is 21.6 Å². The van der Waals surface area contributed by atoms with Crippen molar-refractivity contribution in [1.29, 1.82) is 0 Å². The van der Waals surface area contributed by atoms with Crippen molar-refractivity contribution in [2.24, 2.45) is 5.73 Å². The molecule has 0 fully saturated rings.